The first-order chi connectivity index (χ1) is 8.34. The summed E-state index contributed by atoms with van der Waals surface area (Å²) < 4.78 is 0. The van der Waals surface area contributed by atoms with E-state index in [-0.39, 0.29) is 17.1 Å². The Balaban J connectivity index is 3.04. The van der Waals surface area contributed by atoms with E-state index in [1.807, 2.05) is 0 Å². The van der Waals surface area contributed by atoms with Crippen molar-refractivity contribution in [1.82, 2.24) is 0 Å². The van der Waals surface area contributed by atoms with E-state index in [9.17, 15) is 20.0 Å². The number of nitrogens with zero attached hydrogens (tertiary/aromatic N) is 1. The zero-order valence-electron chi connectivity index (χ0n) is 10.1. The molecule has 18 heavy (non-hydrogen) atoms. The van der Waals surface area contributed by atoms with Crippen molar-refractivity contribution < 1.29 is 14.8 Å². The van der Waals surface area contributed by atoms with Gasteiger partial charge in [0.15, 0.2) is 5.69 Å². The summed E-state index contributed by atoms with van der Waals surface area (Å²) in [7, 11) is 0. The Morgan fingerprint density at radius 2 is 2.11 bits per heavy atom. The Hall–Kier alpha value is -2.15. The largest absolute Gasteiger partial charge is 0.505 e. The number of para-hydroxylation sites is 1. The number of nitrogens with one attached hydrogen (secondary N) is 1. The third-order valence-corrected chi connectivity index (χ3v) is 2.67. The molecule has 0 aliphatic carbocycles. The van der Waals surface area contributed by atoms with Crippen molar-refractivity contribution in [3.8, 4) is 5.75 Å². The molecule has 7 nitrogen and oxygen atoms in total. The number of hydrogen-bond donors (Lipinski definition) is 3. The first-order valence-corrected chi connectivity index (χ1v) is 5.37. The molecular formula is C11H15N3O4. The van der Waals surface area contributed by atoms with Crippen LogP contribution < -0.4 is 11.1 Å². The molecule has 0 fully saturated rings. The molecule has 7 heteroatoms. The number of nitrogens with two attached hydrogens (primary N) is 1. The minimum absolute atomic E-state index is 0.208. The summed E-state index contributed by atoms with van der Waals surface area (Å²) in [4.78, 5) is 21.9. The number of benzene rings is 1. The first-order valence-electron chi connectivity index (χ1n) is 5.37. The molecule has 0 saturated heterocycles. The molecule has 1 rings (SSSR count). The number of phenolic OH excluding ortho intramolecular Hbond substituents is 1. The van der Waals surface area contributed by atoms with Crippen LogP contribution in [0.3, 0.4) is 0 Å². The molecule has 0 aliphatic rings. The first kappa shape index (κ1) is 13.9. The third-order valence-electron chi connectivity index (χ3n) is 2.67. The molecule has 4 N–H and O–H groups in total. The van der Waals surface area contributed by atoms with Crippen LogP contribution in [0.15, 0.2) is 18.2 Å². The second-order valence-electron chi connectivity index (χ2n) is 4.07. The van der Waals surface area contributed by atoms with E-state index >= 15 is 0 Å². The van der Waals surface area contributed by atoms with Crippen molar-refractivity contribution in [2.24, 2.45) is 11.7 Å². The molecule has 1 aromatic carbocycles. The fraction of sp³-hybridized carbons (Fsp3) is 0.364. The highest BCUT2D eigenvalue weighted by molar-refractivity contribution is 5.96. The lowest BCUT2D eigenvalue weighted by molar-refractivity contribution is -0.384. The van der Waals surface area contributed by atoms with Crippen LogP contribution in [0.5, 0.6) is 5.75 Å². The molecule has 2 unspecified atom stereocenters. The molecule has 0 aliphatic heterocycles. The summed E-state index contributed by atoms with van der Waals surface area (Å²) in [6, 6.07) is 3.40. The Morgan fingerprint density at radius 3 is 2.61 bits per heavy atom. The van der Waals surface area contributed by atoms with Crippen LogP contribution in [0.25, 0.3) is 0 Å². The lowest BCUT2D eigenvalue weighted by Crippen LogP contribution is -2.34. The monoisotopic (exact) mass is 253 g/mol. The Morgan fingerprint density at radius 1 is 1.50 bits per heavy atom. The number of carbonyl (C=O) groups is 1. The highest BCUT2D eigenvalue weighted by Gasteiger charge is 2.23. The number of carbonyl (C=O) groups excluding carboxylic acids is 1. The number of hydrogen-bond acceptors (Lipinski definition) is 5. The standard InChI is InChI=1S/C11H15N3O4/c1-6(7(2)12)11(16)13-10-8(14(17)18)4-3-5-9(10)15/h3-7,15H,12H2,1-2H3,(H,13,16). The van der Waals surface area contributed by atoms with Crippen molar-refractivity contribution in [3.05, 3.63) is 28.3 Å². The third kappa shape index (κ3) is 2.95. The lowest BCUT2D eigenvalue weighted by atomic mass is 10.0. The summed E-state index contributed by atoms with van der Waals surface area (Å²) >= 11 is 0. The molecule has 0 bridgehead atoms. The molecule has 0 radical (unpaired) electrons. The maximum atomic E-state index is 11.8. The summed E-state index contributed by atoms with van der Waals surface area (Å²) in [5.41, 5.74) is 5.00. The molecule has 1 aromatic rings. The fourth-order valence-corrected chi connectivity index (χ4v) is 1.28. The predicted octanol–water partition coefficient (Wildman–Crippen LogP) is 1.22. The van der Waals surface area contributed by atoms with E-state index in [1.165, 1.54) is 18.2 Å². The normalized spacial score (nSPS) is 13.7. The van der Waals surface area contributed by atoms with Crippen molar-refractivity contribution in [3.63, 3.8) is 0 Å². The zero-order valence-corrected chi connectivity index (χ0v) is 10.1. The van der Waals surface area contributed by atoms with Gasteiger partial charge in [0.25, 0.3) is 5.69 Å². The number of rotatable bonds is 4. The van der Waals surface area contributed by atoms with Crippen LogP contribution in [0, 0.1) is 16.0 Å². The van der Waals surface area contributed by atoms with Crippen LogP contribution in [-0.4, -0.2) is 22.0 Å². The number of phenols is 1. The van der Waals surface area contributed by atoms with Crippen LogP contribution in [-0.2, 0) is 4.79 Å². The van der Waals surface area contributed by atoms with Gasteiger partial charge in [-0.2, -0.15) is 0 Å². The average molecular weight is 253 g/mol. The second kappa shape index (κ2) is 5.46. The molecular weight excluding hydrogens is 238 g/mol. The molecule has 0 saturated carbocycles. The van der Waals surface area contributed by atoms with E-state index in [0.717, 1.165) is 0 Å². The van der Waals surface area contributed by atoms with Gasteiger partial charge in [-0.05, 0) is 13.0 Å². The molecule has 2 atom stereocenters. The van der Waals surface area contributed by atoms with E-state index in [1.54, 1.807) is 13.8 Å². The average Bonchev–Trinajstić information content (AvgIpc) is 2.30. The van der Waals surface area contributed by atoms with Gasteiger partial charge in [-0.3, -0.25) is 14.9 Å². The highest BCUT2D eigenvalue weighted by Crippen LogP contribution is 2.33. The van der Waals surface area contributed by atoms with Gasteiger partial charge in [-0.15, -0.1) is 0 Å². The number of aromatic hydroxyl groups is 1. The summed E-state index contributed by atoms with van der Waals surface area (Å²) in [5.74, 6) is -1.35. The Kier molecular flexibility index (Phi) is 4.22. The van der Waals surface area contributed by atoms with Crippen molar-refractivity contribution in [1.29, 1.82) is 0 Å². The van der Waals surface area contributed by atoms with Gasteiger partial charge < -0.3 is 16.2 Å². The van der Waals surface area contributed by atoms with E-state index in [0.29, 0.717) is 0 Å². The topological polar surface area (TPSA) is 118 Å². The summed E-state index contributed by atoms with van der Waals surface area (Å²) in [6.45, 7) is 3.26. The number of nitro benzene ring substituents is 1. The molecule has 1 amide bonds. The second-order valence-corrected chi connectivity index (χ2v) is 4.07. The van der Waals surface area contributed by atoms with Crippen molar-refractivity contribution >= 4 is 17.3 Å². The van der Waals surface area contributed by atoms with Gasteiger partial charge in [0.05, 0.1) is 10.8 Å². The smallest absolute Gasteiger partial charge is 0.296 e. The summed E-state index contributed by atoms with van der Waals surface area (Å²) in [6.07, 6.45) is 0. The Bertz CT molecular complexity index is 473. The quantitative estimate of drug-likeness (QED) is 0.423. The maximum Gasteiger partial charge on any atom is 0.296 e. The number of nitro groups is 1. The van der Waals surface area contributed by atoms with Gasteiger partial charge >= 0.3 is 0 Å². The van der Waals surface area contributed by atoms with Crippen molar-refractivity contribution in [2.75, 3.05) is 5.32 Å². The number of amides is 1. The van der Waals surface area contributed by atoms with E-state index in [2.05, 4.69) is 5.32 Å². The molecule has 0 heterocycles. The minimum atomic E-state index is -0.675. The SMILES string of the molecule is CC(N)C(C)C(=O)Nc1c(O)cccc1[N+](=O)[O-]. The van der Waals surface area contributed by atoms with Crippen LogP contribution in [0.1, 0.15) is 13.8 Å². The lowest BCUT2D eigenvalue weighted by Gasteiger charge is -2.15. The predicted molar refractivity (Wildman–Crippen MR) is 66.2 cm³/mol. The molecule has 0 spiro atoms. The van der Waals surface area contributed by atoms with Crippen LogP contribution in [0.4, 0.5) is 11.4 Å². The van der Waals surface area contributed by atoms with E-state index < -0.39 is 22.8 Å². The number of anilines is 1. The van der Waals surface area contributed by atoms with Crippen LogP contribution >= 0.6 is 0 Å². The maximum absolute atomic E-state index is 11.8. The van der Waals surface area contributed by atoms with Gasteiger partial charge in [-0.1, -0.05) is 13.0 Å². The Labute approximate surface area is 104 Å². The summed E-state index contributed by atoms with van der Waals surface area (Å²) in [5, 5.41) is 22.7. The van der Waals surface area contributed by atoms with Gasteiger partial charge in [0.2, 0.25) is 5.91 Å². The molecule has 0 aromatic heterocycles. The minimum Gasteiger partial charge on any atom is -0.505 e. The van der Waals surface area contributed by atoms with Gasteiger partial charge in [0.1, 0.15) is 5.75 Å². The van der Waals surface area contributed by atoms with Crippen LogP contribution in [0.2, 0.25) is 0 Å². The highest BCUT2D eigenvalue weighted by atomic mass is 16.6. The fourth-order valence-electron chi connectivity index (χ4n) is 1.28. The molecule has 98 valence electrons. The van der Waals surface area contributed by atoms with E-state index in [4.69, 9.17) is 5.73 Å². The van der Waals surface area contributed by atoms with Crippen molar-refractivity contribution in [2.45, 2.75) is 19.9 Å². The van der Waals surface area contributed by atoms with Gasteiger partial charge in [-0.25, -0.2) is 0 Å². The van der Waals surface area contributed by atoms with Gasteiger partial charge in [0, 0.05) is 12.1 Å². The zero-order chi connectivity index (χ0) is 13.9.